The molecule has 1 N–H and O–H groups in total. The minimum Gasteiger partial charge on any atom is -0.506 e. The lowest BCUT2D eigenvalue weighted by atomic mass is 10.2. The predicted octanol–water partition coefficient (Wildman–Crippen LogP) is 4.61. The third-order valence-electron chi connectivity index (χ3n) is 3.78. The highest BCUT2D eigenvalue weighted by Gasteiger charge is 2.16. The first-order chi connectivity index (χ1) is 11.7. The number of phenolic OH excluding ortho intramolecular Hbond substituents is 1. The zero-order valence-electron chi connectivity index (χ0n) is 13.1. The van der Waals surface area contributed by atoms with Gasteiger partial charge in [0.15, 0.2) is 0 Å². The van der Waals surface area contributed by atoms with Crippen LogP contribution in [0.2, 0.25) is 0 Å². The molecule has 5 heteroatoms. The van der Waals surface area contributed by atoms with Crippen LogP contribution in [-0.4, -0.2) is 26.9 Å². The molecule has 0 fully saturated rings. The van der Waals surface area contributed by atoms with E-state index < -0.39 is 0 Å². The second-order valence-corrected chi connectivity index (χ2v) is 6.73. The lowest BCUT2D eigenvalue weighted by molar-refractivity contribution is 0.460. The smallest absolute Gasteiger partial charge is 0.219 e. The summed E-state index contributed by atoms with van der Waals surface area (Å²) in [4.78, 5) is 9.04. The number of aliphatic imine (C=N–C) groups is 1. The van der Waals surface area contributed by atoms with Crippen molar-refractivity contribution in [3.05, 3.63) is 60.2 Å². The van der Waals surface area contributed by atoms with Crippen molar-refractivity contribution in [1.82, 2.24) is 4.98 Å². The summed E-state index contributed by atoms with van der Waals surface area (Å²) in [5.74, 6) is 2.33. The summed E-state index contributed by atoms with van der Waals surface area (Å²) in [6, 6.07) is 17.2. The molecule has 1 aromatic heterocycles. The van der Waals surface area contributed by atoms with E-state index in [9.17, 15) is 5.11 Å². The average molecular weight is 336 g/mol. The van der Waals surface area contributed by atoms with E-state index in [1.807, 2.05) is 36.4 Å². The zero-order chi connectivity index (χ0) is 16.5. The van der Waals surface area contributed by atoms with Crippen molar-refractivity contribution in [1.29, 1.82) is 0 Å². The van der Waals surface area contributed by atoms with Gasteiger partial charge in [0.05, 0.1) is 11.1 Å². The van der Waals surface area contributed by atoms with Crippen LogP contribution in [0, 0.1) is 0 Å². The van der Waals surface area contributed by atoms with E-state index in [-0.39, 0.29) is 5.75 Å². The number of para-hydroxylation sites is 1. The van der Waals surface area contributed by atoms with E-state index in [0.717, 1.165) is 21.7 Å². The average Bonchev–Trinajstić information content (AvgIpc) is 3.03. The second-order valence-electron chi connectivity index (χ2n) is 5.72. The Bertz CT molecular complexity index is 940. The first-order valence-electron chi connectivity index (χ1n) is 7.77. The fourth-order valence-corrected chi connectivity index (χ4v) is 3.64. The molecule has 0 saturated heterocycles. The highest BCUT2D eigenvalue weighted by atomic mass is 32.2. The van der Waals surface area contributed by atoms with Crippen molar-refractivity contribution >= 4 is 27.7 Å². The number of aromatic nitrogens is 1. The van der Waals surface area contributed by atoms with Gasteiger partial charge in [-0.05, 0) is 31.2 Å². The molecule has 3 aromatic rings. The molecule has 2 heterocycles. The molecule has 4 rings (SSSR count). The van der Waals surface area contributed by atoms with E-state index in [1.54, 1.807) is 30.0 Å². The molecule has 24 heavy (non-hydrogen) atoms. The molecule has 0 unspecified atom stereocenters. The maximum absolute atomic E-state index is 9.94. The third-order valence-corrected chi connectivity index (χ3v) is 5.04. The van der Waals surface area contributed by atoms with Crippen molar-refractivity contribution in [3.8, 4) is 17.4 Å². The van der Waals surface area contributed by atoms with Gasteiger partial charge in [-0.1, -0.05) is 24.3 Å². The molecule has 2 aromatic carbocycles. The fourth-order valence-electron chi connectivity index (χ4n) is 2.62. The number of hydrogen-bond donors (Lipinski definition) is 1. The highest BCUT2D eigenvalue weighted by molar-refractivity contribution is 8.14. The van der Waals surface area contributed by atoms with E-state index >= 15 is 0 Å². The number of benzene rings is 2. The molecule has 0 bridgehead atoms. The number of nitrogens with zero attached hydrogens (tertiary/aromatic N) is 2. The Kier molecular flexibility index (Phi) is 3.86. The van der Waals surface area contributed by atoms with Crippen LogP contribution in [0.25, 0.3) is 10.9 Å². The van der Waals surface area contributed by atoms with Crippen LogP contribution in [0.1, 0.15) is 12.5 Å². The Morgan fingerprint density at radius 1 is 1.12 bits per heavy atom. The topological polar surface area (TPSA) is 54.7 Å². The molecule has 1 aliphatic rings. The summed E-state index contributed by atoms with van der Waals surface area (Å²) >= 11 is 1.77. The van der Waals surface area contributed by atoms with Gasteiger partial charge in [0.2, 0.25) is 5.88 Å². The first kappa shape index (κ1) is 15.0. The summed E-state index contributed by atoms with van der Waals surface area (Å²) in [7, 11) is 0. The van der Waals surface area contributed by atoms with Crippen LogP contribution in [0.4, 0.5) is 0 Å². The second kappa shape index (κ2) is 6.17. The minimum absolute atomic E-state index is 0.150. The number of rotatable bonds is 3. The third kappa shape index (κ3) is 2.95. The van der Waals surface area contributed by atoms with Crippen molar-refractivity contribution in [2.45, 2.75) is 13.0 Å². The van der Waals surface area contributed by atoms with E-state index in [2.05, 4.69) is 16.9 Å². The van der Waals surface area contributed by atoms with E-state index in [0.29, 0.717) is 23.2 Å². The molecule has 0 radical (unpaired) electrons. The summed E-state index contributed by atoms with van der Waals surface area (Å²) < 4.78 is 5.88. The van der Waals surface area contributed by atoms with Gasteiger partial charge in [-0.3, -0.25) is 4.99 Å². The normalized spacial score (nSPS) is 17.0. The highest BCUT2D eigenvalue weighted by Crippen LogP contribution is 2.29. The summed E-state index contributed by atoms with van der Waals surface area (Å²) in [6.07, 6.45) is 0. The SMILES string of the molecule is C[C@H]1CSC(c2cccc(Oc3ccc4cccc(O)c4n3)c2)=N1. The molecule has 1 aliphatic heterocycles. The van der Waals surface area contributed by atoms with E-state index in [4.69, 9.17) is 4.74 Å². The summed E-state index contributed by atoms with van der Waals surface area (Å²) in [5, 5.41) is 11.9. The van der Waals surface area contributed by atoms with Gasteiger partial charge in [-0.25, -0.2) is 4.98 Å². The van der Waals surface area contributed by atoms with E-state index in [1.165, 1.54) is 0 Å². The van der Waals surface area contributed by atoms with Crippen LogP contribution >= 0.6 is 11.8 Å². The van der Waals surface area contributed by atoms with Gasteiger partial charge in [0, 0.05) is 22.8 Å². The van der Waals surface area contributed by atoms with Gasteiger partial charge in [-0.15, -0.1) is 11.8 Å². The predicted molar refractivity (Wildman–Crippen MR) is 98.4 cm³/mol. The monoisotopic (exact) mass is 336 g/mol. The number of fused-ring (bicyclic) bond motifs is 1. The Balaban J connectivity index is 1.64. The molecule has 1 atom stereocenters. The standard InChI is InChI=1S/C19H16N2O2S/c1-12-11-24-19(20-12)14-5-2-6-15(10-14)23-17-9-8-13-4-3-7-16(22)18(13)21-17/h2-10,12,22H,11H2,1H3/t12-/m0/s1. The molecule has 0 spiro atoms. The maximum atomic E-state index is 9.94. The molecular formula is C19H16N2O2S. The molecule has 4 nitrogen and oxygen atoms in total. The molecule has 0 aliphatic carbocycles. The van der Waals surface area contributed by atoms with Crippen LogP contribution in [0.3, 0.4) is 0 Å². The van der Waals surface area contributed by atoms with Gasteiger partial charge in [0.25, 0.3) is 0 Å². The lowest BCUT2D eigenvalue weighted by Gasteiger charge is -2.08. The van der Waals surface area contributed by atoms with Crippen LogP contribution in [0.5, 0.6) is 17.4 Å². The summed E-state index contributed by atoms with van der Waals surface area (Å²) in [6.45, 7) is 2.12. The Morgan fingerprint density at radius 3 is 2.83 bits per heavy atom. The molecular weight excluding hydrogens is 320 g/mol. The van der Waals surface area contributed by atoms with Crippen molar-refractivity contribution in [3.63, 3.8) is 0 Å². The number of phenols is 1. The van der Waals surface area contributed by atoms with Gasteiger partial charge >= 0.3 is 0 Å². The first-order valence-corrected chi connectivity index (χ1v) is 8.75. The van der Waals surface area contributed by atoms with Crippen molar-refractivity contribution in [2.24, 2.45) is 4.99 Å². The van der Waals surface area contributed by atoms with Crippen LogP contribution < -0.4 is 4.74 Å². The molecule has 120 valence electrons. The lowest BCUT2D eigenvalue weighted by Crippen LogP contribution is -1.94. The Labute approximate surface area is 144 Å². The molecule has 0 saturated carbocycles. The minimum atomic E-state index is 0.150. The van der Waals surface area contributed by atoms with Gasteiger partial charge in [0.1, 0.15) is 17.0 Å². The largest absolute Gasteiger partial charge is 0.506 e. The summed E-state index contributed by atoms with van der Waals surface area (Å²) in [5.41, 5.74) is 1.60. The van der Waals surface area contributed by atoms with Crippen LogP contribution in [0.15, 0.2) is 59.6 Å². The number of ether oxygens (including phenoxy) is 1. The number of hydrogen-bond acceptors (Lipinski definition) is 5. The number of thioether (sulfide) groups is 1. The zero-order valence-corrected chi connectivity index (χ0v) is 14.0. The maximum Gasteiger partial charge on any atom is 0.219 e. The number of aromatic hydroxyl groups is 1. The molecule has 0 amide bonds. The van der Waals surface area contributed by atoms with Gasteiger partial charge in [-0.2, -0.15) is 0 Å². The fraction of sp³-hybridized carbons (Fsp3) is 0.158. The van der Waals surface area contributed by atoms with Gasteiger partial charge < -0.3 is 9.84 Å². The number of pyridine rings is 1. The Morgan fingerprint density at radius 2 is 2.00 bits per heavy atom. The van der Waals surface area contributed by atoms with Crippen molar-refractivity contribution < 1.29 is 9.84 Å². The quantitative estimate of drug-likeness (QED) is 0.758. The Hall–Kier alpha value is -2.53. The van der Waals surface area contributed by atoms with Crippen LogP contribution in [-0.2, 0) is 0 Å². The van der Waals surface area contributed by atoms with Crippen molar-refractivity contribution in [2.75, 3.05) is 5.75 Å².